The summed E-state index contributed by atoms with van der Waals surface area (Å²) in [6.45, 7) is 2.00. The molecule has 0 aromatic heterocycles. The fraction of sp³-hybridized carbons (Fsp3) is 0.520. The summed E-state index contributed by atoms with van der Waals surface area (Å²) >= 11 is 0. The van der Waals surface area contributed by atoms with Gasteiger partial charge < -0.3 is 26.4 Å². The molecule has 5 heteroatoms. The van der Waals surface area contributed by atoms with Crippen molar-refractivity contribution in [3.63, 3.8) is 0 Å². The maximum absolute atomic E-state index is 10.1. The van der Waals surface area contributed by atoms with Gasteiger partial charge in [0.25, 0.3) is 0 Å². The van der Waals surface area contributed by atoms with Gasteiger partial charge in [0.05, 0.1) is 0 Å². The monoisotopic (exact) mass is 412 g/mol. The molecule has 5 nitrogen and oxygen atoms in total. The standard InChI is InChI=1S/C25H36N2O3/c26-22-14-12-21-19(13-15-24(29)25(21)30)20(22)10-3-1-2-6-16-27-17-7-9-18-8-4-5-11-23(18)28/h4-5,8,11,13,15,20,22,27-30H,1-3,6-7,9-10,12,14,16-17,26H2. The number of para-hydroxylation sites is 1. The van der Waals surface area contributed by atoms with E-state index in [2.05, 4.69) is 5.32 Å². The molecule has 1 aliphatic carbocycles. The van der Waals surface area contributed by atoms with Crippen molar-refractivity contribution in [2.75, 3.05) is 13.1 Å². The third-order valence-electron chi connectivity index (χ3n) is 6.35. The van der Waals surface area contributed by atoms with Crippen molar-refractivity contribution in [2.45, 2.75) is 69.7 Å². The highest BCUT2D eigenvalue weighted by Crippen LogP contribution is 2.42. The lowest BCUT2D eigenvalue weighted by atomic mass is 9.76. The normalized spacial score (nSPS) is 18.3. The minimum Gasteiger partial charge on any atom is -0.508 e. The molecule has 0 bridgehead atoms. The molecule has 2 atom stereocenters. The maximum atomic E-state index is 10.1. The molecule has 0 saturated heterocycles. The van der Waals surface area contributed by atoms with E-state index in [4.69, 9.17) is 5.73 Å². The number of rotatable bonds is 11. The van der Waals surface area contributed by atoms with Crippen LogP contribution in [0.5, 0.6) is 17.2 Å². The van der Waals surface area contributed by atoms with Crippen molar-refractivity contribution < 1.29 is 15.3 Å². The Balaban J connectivity index is 1.28. The quantitative estimate of drug-likeness (QED) is 0.279. The van der Waals surface area contributed by atoms with Crippen molar-refractivity contribution in [3.05, 3.63) is 53.1 Å². The first kappa shape index (κ1) is 22.4. The van der Waals surface area contributed by atoms with Crippen LogP contribution >= 0.6 is 0 Å². The number of unbranched alkanes of at least 4 members (excludes halogenated alkanes) is 3. The van der Waals surface area contributed by atoms with Crippen LogP contribution in [0.4, 0.5) is 0 Å². The van der Waals surface area contributed by atoms with Crippen LogP contribution in [0, 0.1) is 0 Å². The number of fused-ring (bicyclic) bond motifs is 1. The summed E-state index contributed by atoms with van der Waals surface area (Å²) in [7, 11) is 0. The van der Waals surface area contributed by atoms with Crippen LogP contribution in [-0.2, 0) is 12.8 Å². The van der Waals surface area contributed by atoms with Crippen molar-refractivity contribution in [3.8, 4) is 17.2 Å². The first-order valence-electron chi connectivity index (χ1n) is 11.3. The third kappa shape index (κ3) is 5.89. The second kappa shape index (κ2) is 11.2. The topological polar surface area (TPSA) is 98.7 Å². The third-order valence-corrected chi connectivity index (χ3v) is 6.35. The summed E-state index contributed by atoms with van der Waals surface area (Å²) in [5.74, 6) is 0.673. The van der Waals surface area contributed by atoms with Gasteiger partial charge in [-0.1, -0.05) is 43.5 Å². The van der Waals surface area contributed by atoms with E-state index in [-0.39, 0.29) is 23.5 Å². The predicted molar refractivity (Wildman–Crippen MR) is 121 cm³/mol. The molecule has 3 rings (SSSR count). The molecule has 6 N–H and O–H groups in total. The molecule has 0 amide bonds. The molecule has 0 saturated carbocycles. The summed E-state index contributed by atoms with van der Waals surface area (Å²) in [5, 5.41) is 33.2. The van der Waals surface area contributed by atoms with Crippen LogP contribution in [-0.4, -0.2) is 34.5 Å². The second-order valence-corrected chi connectivity index (χ2v) is 8.50. The van der Waals surface area contributed by atoms with Gasteiger partial charge in [-0.2, -0.15) is 0 Å². The van der Waals surface area contributed by atoms with Crippen LogP contribution in [0.3, 0.4) is 0 Å². The number of phenols is 3. The number of phenolic OH excluding ortho intramolecular Hbond substituents is 3. The van der Waals surface area contributed by atoms with Gasteiger partial charge in [0.1, 0.15) is 5.75 Å². The van der Waals surface area contributed by atoms with Crippen LogP contribution in [0.1, 0.15) is 67.6 Å². The predicted octanol–water partition coefficient (Wildman–Crippen LogP) is 4.33. The number of nitrogens with one attached hydrogen (secondary N) is 1. The van der Waals surface area contributed by atoms with E-state index in [1.54, 1.807) is 12.1 Å². The van der Waals surface area contributed by atoms with E-state index >= 15 is 0 Å². The molecule has 164 valence electrons. The number of nitrogens with two attached hydrogens (primary N) is 1. The van der Waals surface area contributed by atoms with Crippen LogP contribution in [0.2, 0.25) is 0 Å². The van der Waals surface area contributed by atoms with E-state index in [1.165, 1.54) is 19.3 Å². The average molecular weight is 413 g/mol. The summed E-state index contributed by atoms with van der Waals surface area (Å²) in [5.41, 5.74) is 9.40. The summed E-state index contributed by atoms with van der Waals surface area (Å²) < 4.78 is 0. The Morgan fingerprint density at radius 3 is 2.47 bits per heavy atom. The molecular weight excluding hydrogens is 376 g/mol. The van der Waals surface area contributed by atoms with Crippen LogP contribution in [0.15, 0.2) is 36.4 Å². The summed E-state index contributed by atoms with van der Waals surface area (Å²) in [6.07, 6.45) is 9.24. The minimum absolute atomic E-state index is 0.0314. The van der Waals surface area contributed by atoms with Crippen molar-refractivity contribution in [2.24, 2.45) is 5.73 Å². The van der Waals surface area contributed by atoms with Gasteiger partial charge in [0.15, 0.2) is 11.5 Å². The van der Waals surface area contributed by atoms with E-state index in [9.17, 15) is 15.3 Å². The molecule has 0 heterocycles. The lowest BCUT2D eigenvalue weighted by Gasteiger charge is -2.32. The molecule has 0 spiro atoms. The van der Waals surface area contributed by atoms with Gasteiger partial charge in [-0.05, 0) is 80.8 Å². The molecule has 2 unspecified atom stereocenters. The van der Waals surface area contributed by atoms with E-state index in [1.807, 2.05) is 24.3 Å². The fourth-order valence-electron chi connectivity index (χ4n) is 4.58. The largest absolute Gasteiger partial charge is 0.508 e. The van der Waals surface area contributed by atoms with Crippen LogP contribution < -0.4 is 11.1 Å². The Hall–Kier alpha value is -2.24. The number of benzene rings is 2. The number of hydrogen-bond donors (Lipinski definition) is 5. The van der Waals surface area contributed by atoms with Gasteiger partial charge in [-0.15, -0.1) is 0 Å². The van der Waals surface area contributed by atoms with Crippen molar-refractivity contribution >= 4 is 0 Å². The molecule has 2 aromatic rings. The Kier molecular flexibility index (Phi) is 8.40. The fourth-order valence-corrected chi connectivity index (χ4v) is 4.58. The number of hydrogen-bond acceptors (Lipinski definition) is 5. The van der Waals surface area contributed by atoms with Gasteiger partial charge in [0, 0.05) is 11.6 Å². The zero-order chi connectivity index (χ0) is 21.3. The SMILES string of the molecule is NC1CCc2c(ccc(O)c2O)C1CCCCCCNCCCc1ccccc1O. The Morgan fingerprint density at radius 2 is 1.63 bits per heavy atom. The molecule has 1 aliphatic rings. The Morgan fingerprint density at radius 1 is 0.867 bits per heavy atom. The molecule has 30 heavy (non-hydrogen) atoms. The van der Waals surface area contributed by atoms with Gasteiger partial charge in [-0.3, -0.25) is 0 Å². The number of aryl methyl sites for hydroxylation is 1. The van der Waals surface area contributed by atoms with E-state index in [0.717, 1.165) is 68.3 Å². The van der Waals surface area contributed by atoms with Crippen molar-refractivity contribution in [1.82, 2.24) is 5.32 Å². The highest BCUT2D eigenvalue weighted by atomic mass is 16.3. The molecule has 0 radical (unpaired) electrons. The zero-order valence-electron chi connectivity index (χ0n) is 17.8. The highest BCUT2D eigenvalue weighted by Gasteiger charge is 2.29. The van der Waals surface area contributed by atoms with Gasteiger partial charge in [0.2, 0.25) is 0 Å². The smallest absolute Gasteiger partial charge is 0.160 e. The molecule has 0 fully saturated rings. The summed E-state index contributed by atoms with van der Waals surface area (Å²) in [4.78, 5) is 0. The molecule has 0 aliphatic heterocycles. The van der Waals surface area contributed by atoms with E-state index < -0.39 is 0 Å². The Bertz CT molecular complexity index is 809. The number of aromatic hydroxyl groups is 3. The van der Waals surface area contributed by atoms with Gasteiger partial charge in [-0.25, -0.2) is 0 Å². The minimum atomic E-state index is -0.0314. The first-order chi connectivity index (χ1) is 14.6. The molecular formula is C25H36N2O3. The second-order valence-electron chi connectivity index (χ2n) is 8.50. The Labute approximate surface area is 179 Å². The first-order valence-corrected chi connectivity index (χ1v) is 11.3. The van der Waals surface area contributed by atoms with Crippen LogP contribution in [0.25, 0.3) is 0 Å². The molecule has 2 aromatic carbocycles. The lowest BCUT2D eigenvalue weighted by molar-refractivity contribution is 0.380. The lowest BCUT2D eigenvalue weighted by Crippen LogP contribution is -2.33. The van der Waals surface area contributed by atoms with Gasteiger partial charge >= 0.3 is 0 Å². The zero-order valence-corrected chi connectivity index (χ0v) is 17.8. The van der Waals surface area contributed by atoms with E-state index in [0.29, 0.717) is 5.75 Å². The average Bonchev–Trinajstić information content (AvgIpc) is 2.74. The summed E-state index contributed by atoms with van der Waals surface area (Å²) in [6, 6.07) is 11.2. The highest BCUT2D eigenvalue weighted by molar-refractivity contribution is 5.51. The maximum Gasteiger partial charge on any atom is 0.160 e. The van der Waals surface area contributed by atoms with Crippen molar-refractivity contribution in [1.29, 1.82) is 0 Å².